The number of nitrogens with one attached hydrogen (secondary N) is 1. The van der Waals surface area contributed by atoms with Crippen LogP contribution in [0.25, 0.3) is 0 Å². The first-order valence-corrected chi connectivity index (χ1v) is 7.28. The van der Waals surface area contributed by atoms with Gasteiger partial charge < -0.3 is 5.32 Å². The minimum Gasteiger partial charge on any atom is -0.374 e. The molecule has 20 heavy (non-hydrogen) atoms. The van der Waals surface area contributed by atoms with Gasteiger partial charge >= 0.3 is 0 Å². The molecule has 1 N–H and O–H groups in total. The van der Waals surface area contributed by atoms with Gasteiger partial charge in [-0.2, -0.15) is 0 Å². The van der Waals surface area contributed by atoms with Gasteiger partial charge in [0.1, 0.15) is 11.5 Å². The second kappa shape index (κ2) is 6.22. The number of anilines is 1. The molecule has 5 heteroatoms. The zero-order valence-electron chi connectivity index (χ0n) is 11.1. The minimum atomic E-state index is -0.935. The number of rotatable bonds is 4. The highest BCUT2D eigenvalue weighted by Gasteiger charge is 2.14. The lowest BCUT2D eigenvalue weighted by atomic mass is 10.1. The van der Waals surface area contributed by atoms with E-state index in [0.717, 1.165) is 10.5 Å². The van der Waals surface area contributed by atoms with Crippen molar-refractivity contribution in [1.82, 2.24) is 0 Å². The van der Waals surface area contributed by atoms with E-state index in [0.29, 0.717) is 12.1 Å². The number of halogens is 3. The molecule has 1 atom stereocenters. The molecule has 106 valence electrons. The Kier molecular flexibility index (Phi) is 4.60. The average Bonchev–Trinajstić information content (AvgIpc) is 2.42. The van der Waals surface area contributed by atoms with E-state index >= 15 is 0 Å². The van der Waals surface area contributed by atoms with Crippen molar-refractivity contribution in [1.29, 1.82) is 0 Å². The lowest BCUT2D eigenvalue weighted by Crippen LogP contribution is -2.10. The highest BCUT2D eigenvalue weighted by Crippen LogP contribution is 2.26. The van der Waals surface area contributed by atoms with E-state index in [9.17, 15) is 13.2 Å². The van der Waals surface area contributed by atoms with Crippen LogP contribution in [-0.2, 0) is 0 Å². The molecule has 0 aliphatic carbocycles. The summed E-state index contributed by atoms with van der Waals surface area (Å²) in [6.07, 6.45) is 1.97. The molecule has 0 aliphatic heterocycles. The first kappa shape index (κ1) is 14.8. The quantitative estimate of drug-likeness (QED) is 0.797. The van der Waals surface area contributed by atoms with E-state index in [2.05, 4.69) is 5.32 Å². The van der Waals surface area contributed by atoms with E-state index in [1.165, 1.54) is 0 Å². The maximum absolute atomic E-state index is 13.6. The second-order valence-electron chi connectivity index (χ2n) is 4.38. The average molecular weight is 297 g/mol. The molecule has 0 aliphatic rings. The van der Waals surface area contributed by atoms with Gasteiger partial charge in [0.05, 0.1) is 0 Å². The molecule has 2 rings (SSSR count). The molecule has 0 spiro atoms. The van der Waals surface area contributed by atoms with Gasteiger partial charge in [0.25, 0.3) is 0 Å². The topological polar surface area (TPSA) is 12.0 Å². The fourth-order valence-electron chi connectivity index (χ4n) is 1.87. The van der Waals surface area contributed by atoms with Crippen LogP contribution in [0.4, 0.5) is 18.9 Å². The molecule has 2 aromatic carbocycles. The number of hydrogen-bond donors (Lipinski definition) is 1. The Morgan fingerprint density at radius 1 is 1.00 bits per heavy atom. The molecule has 0 saturated heterocycles. The summed E-state index contributed by atoms with van der Waals surface area (Å²) < 4.78 is 40.0. The molecular formula is C15H14F3NS. The van der Waals surface area contributed by atoms with Crippen molar-refractivity contribution >= 4 is 17.4 Å². The molecule has 1 unspecified atom stereocenters. The normalized spacial score (nSPS) is 12.2. The lowest BCUT2D eigenvalue weighted by molar-refractivity contribution is 0.545. The van der Waals surface area contributed by atoms with E-state index in [-0.39, 0.29) is 11.7 Å². The van der Waals surface area contributed by atoms with Gasteiger partial charge in [-0.1, -0.05) is 12.1 Å². The minimum absolute atomic E-state index is 0.291. The standard InChI is InChI=1S/C15H14F3NS/c1-9(10-3-5-12(20-2)6-4-10)19-15-13(17)7-11(16)8-14(15)18/h3-9,19H,1-2H3. The maximum atomic E-state index is 13.6. The van der Waals surface area contributed by atoms with Gasteiger partial charge in [-0.25, -0.2) is 13.2 Å². The van der Waals surface area contributed by atoms with Crippen LogP contribution in [0.1, 0.15) is 18.5 Å². The summed E-state index contributed by atoms with van der Waals surface area (Å²) in [4.78, 5) is 1.11. The summed E-state index contributed by atoms with van der Waals surface area (Å²) in [7, 11) is 0. The van der Waals surface area contributed by atoms with E-state index in [1.807, 2.05) is 30.5 Å². The molecule has 0 amide bonds. The van der Waals surface area contributed by atoms with Crippen molar-refractivity contribution in [3.63, 3.8) is 0 Å². The maximum Gasteiger partial charge on any atom is 0.152 e. The lowest BCUT2D eigenvalue weighted by Gasteiger charge is -2.17. The molecule has 1 nitrogen and oxygen atoms in total. The van der Waals surface area contributed by atoms with Crippen LogP contribution in [0.15, 0.2) is 41.3 Å². The van der Waals surface area contributed by atoms with Gasteiger partial charge in [0, 0.05) is 23.1 Å². The Bertz CT molecular complexity index is 576. The zero-order chi connectivity index (χ0) is 14.7. The fraction of sp³-hybridized carbons (Fsp3) is 0.200. The summed E-state index contributed by atoms with van der Waals surface area (Å²) in [5.74, 6) is -2.80. The Morgan fingerprint density at radius 3 is 2.05 bits per heavy atom. The summed E-state index contributed by atoms with van der Waals surface area (Å²) in [6.45, 7) is 1.79. The van der Waals surface area contributed by atoms with Gasteiger partial charge in [0.15, 0.2) is 11.6 Å². The van der Waals surface area contributed by atoms with Crippen LogP contribution in [0.5, 0.6) is 0 Å². The molecule has 2 aromatic rings. The van der Waals surface area contributed by atoms with Gasteiger partial charge in [0.2, 0.25) is 0 Å². The highest BCUT2D eigenvalue weighted by atomic mass is 32.2. The highest BCUT2D eigenvalue weighted by molar-refractivity contribution is 7.98. The molecule has 0 saturated carbocycles. The summed E-state index contributed by atoms with van der Waals surface area (Å²) in [5, 5.41) is 2.74. The van der Waals surface area contributed by atoms with Crippen LogP contribution < -0.4 is 5.32 Å². The van der Waals surface area contributed by atoms with Crippen molar-refractivity contribution in [2.24, 2.45) is 0 Å². The monoisotopic (exact) mass is 297 g/mol. The fourth-order valence-corrected chi connectivity index (χ4v) is 2.28. The molecule has 0 aromatic heterocycles. The smallest absolute Gasteiger partial charge is 0.152 e. The number of thioether (sulfide) groups is 1. The third-order valence-electron chi connectivity index (χ3n) is 2.98. The Hall–Kier alpha value is -1.62. The molecule has 0 radical (unpaired) electrons. The van der Waals surface area contributed by atoms with Crippen molar-refractivity contribution in [2.75, 3.05) is 11.6 Å². The first-order chi connectivity index (χ1) is 9.51. The predicted molar refractivity (Wildman–Crippen MR) is 76.6 cm³/mol. The predicted octanol–water partition coefficient (Wildman–Crippen LogP) is 5.00. The van der Waals surface area contributed by atoms with Crippen molar-refractivity contribution in [2.45, 2.75) is 17.9 Å². The van der Waals surface area contributed by atoms with Crippen molar-refractivity contribution in [3.8, 4) is 0 Å². The van der Waals surface area contributed by atoms with Crippen LogP contribution in [0, 0.1) is 17.5 Å². The van der Waals surface area contributed by atoms with Crippen molar-refractivity contribution < 1.29 is 13.2 Å². The number of benzene rings is 2. The van der Waals surface area contributed by atoms with Crippen LogP contribution in [-0.4, -0.2) is 6.26 Å². The molecule has 0 bridgehead atoms. The summed E-state index contributed by atoms with van der Waals surface area (Å²) >= 11 is 1.62. The zero-order valence-corrected chi connectivity index (χ0v) is 11.9. The van der Waals surface area contributed by atoms with Crippen LogP contribution >= 0.6 is 11.8 Å². The largest absolute Gasteiger partial charge is 0.374 e. The van der Waals surface area contributed by atoms with Crippen LogP contribution in [0.2, 0.25) is 0 Å². The first-order valence-electron chi connectivity index (χ1n) is 6.06. The Labute approximate surface area is 120 Å². The Morgan fingerprint density at radius 2 is 1.55 bits per heavy atom. The SMILES string of the molecule is CSc1ccc(C(C)Nc2c(F)cc(F)cc2F)cc1. The number of hydrogen-bond acceptors (Lipinski definition) is 2. The summed E-state index contributed by atoms with van der Waals surface area (Å²) in [5.41, 5.74) is 0.582. The molecule has 0 heterocycles. The summed E-state index contributed by atoms with van der Waals surface area (Å²) in [6, 6.07) is 8.70. The second-order valence-corrected chi connectivity index (χ2v) is 5.26. The van der Waals surface area contributed by atoms with Gasteiger partial charge in [-0.05, 0) is 30.9 Å². The molecule has 0 fully saturated rings. The Balaban J connectivity index is 2.20. The van der Waals surface area contributed by atoms with Gasteiger partial charge in [-0.3, -0.25) is 0 Å². The third-order valence-corrected chi connectivity index (χ3v) is 3.73. The van der Waals surface area contributed by atoms with Crippen molar-refractivity contribution in [3.05, 3.63) is 59.4 Å². The van der Waals surface area contributed by atoms with Crippen LogP contribution in [0.3, 0.4) is 0 Å². The van der Waals surface area contributed by atoms with E-state index < -0.39 is 17.5 Å². The third kappa shape index (κ3) is 3.28. The van der Waals surface area contributed by atoms with Gasteiger partial charge in [-0.15, -0.1) is 11.8 Å². The van der Waals surface area contributed by atoms with E-state index in [1.54, 1.807) is 18.7 Å². The van der Waals surface area contributed by atoms with E-state index in [4.69, 9.17) is 0 Å². The molecular weight excluding hydrogens is 283 g/mol.